The van der Waals surface area contributed by atoms with Gasteiger partial charge in [0.2, 0.25) is 0 Å². The third-order valence-electron chi connectivity index (χ3n) is 4.35. The summed E-state index contributed by atoms with van der Waals surface area (Å²) in [7, 11) is 0. The Morgan fingerprint density at radius 1 is 1.32 bits per heavy atom. The van der Waals surface area contributed by atoms with E-state index in [1.54, 1.807) is 6.07 Å². The van der Waals surface area contributed by atoms with E-state index in [9.17, 15) is 10.1 Å². The number of nitriles is 1. The van der Waals surface area contributed by atoms with E-state index < -0.39 is 5.97 Å². The summed E-state index contributed by atoms with van der Waals surface area (Å²) in [4.78, 5) is 17.2. The van der Waals surface area contributed by atoms with E-state index in [4.69, 9.17) is 9.84 Å². The molecular formula is C22H21N3O3. The molecule has 0 bridgehead atoms. The second-order valence-electron chi connectivity index (χ2n) is 7.02. The summed E-state index contributed by atoms with van der Waals surface area (Å²) in [5.74, 6) is 5.52. The molecule has 2 heterocycles. The van der Waals surface area contributed by atoms with Crippen LogP contribution < -0.4 is 4.74 Å². The van der Waals surface area contributed by atoms with Crippen LogP contribution >= 0.6 is 0 Å². The van der Waals surface area contributed by atoms with Gasteiger partial charge in [0.1, 0.15) is 11.8 Å². The van der Waals surface area contributed by atoms with Crippen LogP contribution in [0.15, 0.2) is 36.5 Å². The van der Waals surface area contributed by atoms with Gasteiger partial charge < -0.3 is 9.84 Å². The summed E-state index contributed by atoms with van der Waals surface area (Å²) in [6.07, 6.45) is 1.50. The van der Waals surface area contributed by atoms with Gasteiger partial charge in [0.15, 0.2) is 5.75 Å². The number of aliphatic carboxylic acids is 1. The van der Waals surface area contributed by atoms with E-state index >= 15 is 0 Å². The number of carbonyl (C=O) groups is 1. The van der Waals surface area contributed by atoms with Crippen molar-refractivity contribution in [2.75, 3.05) is 13.1 Å². The normalized spacial score (nSPS) is 13.9. The van der Waals surface area contributed by atoms with E-state index in [1.165, 1.54) is 6.20 Å². The van der Waals surface area contributed by atoms with Gasteiger partial charge in [-0.2, -0.15) is 5.26 Å². The van der Waals surface area contributed by atoms with E-state index in [-0.39, 0.29) is 12.0 Å². The minimum absolute atomic E-state index is 0.0318. The fourth-order valence-electron chi connectivity index (χ4n) is 2.89. The van der Waals surface area contributed by atoms with Crippen molar-refractivity contribution in [3.8, 4) is 23.7 Å². The Bertz CT molecular complexity index is 959. The first-order valence-corrected chi connectivity index (χ1v) is 9.07. The maximum Gasteiger partial charge on any atom is 0.309 e. The number of carboxylic acid groups (broad SMARTS) is 1. The fraction of sp³-hybridized carbons (Fsp3) is 0.318. The Morgan fingerprint density at radius 2 is 2.04 bits per heavy atom. The van der Waals surface area contributed by atoms with Crippen LogP contribution in [0.4, 0.5) is 0 Å². The zero-order valence-electron chi connectivity index (χ0n) is 15.8. The summed E-state index contributed by atoms with van der Waals surface area (Å²) in [5.41, 5.74) is 2.89. The number of hydrogen-bond donors (Lipinski definition) is 1. The number of benzene rings is 1. The lowest BCUT2D eigenvalue weighted by atomic mass is 9.99. The molecular weight excluding hydrogens is 354 g/mol. The highest BCUT2D eigenvalue weighted by atomic mass is 16.5. The highest BCUT2D eigenvalue weighted by Crippen LogP contribution is 2.20. The number of nitrogens with zero attached hydrogens (tertiary/aromatic N) is 3. The molecule has 2 aromatic rings. The molecule has 1 saturated heterocycles. The molecule has 0 atom stereocenters. The first kappa shape index (κ1) is 19.4. The Hall–Kier alpha value is -3.35. The summed E-state index contributed by atoms with van der Waals surface area (Å²) in [6.45, 7) is 5.72. The lowest BCUT2D eigenvalue weighted by Crippen LogP contribution is -2.49. The Labute approximate surface area is 164 Å². The first-order valence-electron chi connectivity index (χ1n) is 9.07. The molecule has 1 aliphatic heterocycles. The largest absolute Gasteiger partial charge is 0.488 e. The van der Waals surface area contributed by atoms with E-state index in [2.05, 4.69) is 27.8 Å². The molecule has 0 radical (unpaired) electrons. The monoisotopic (exact) mass is 375 g/mol. The molecule has 142 valence electrons. The van der Waals surface area contributed by atoms with Gasteiger partial charge >= 0.3 is 5.97 Å². The van der Waals surface area contributed by atoms with Gasteiger partial charge in [0.05, 0.1) is 23.8 Å². The van der Waals surface area contributed by atoms with Crippen molar-refractivity contribution in [3.63, 3.8) is 0 Å². The van der Waals surface area contributed by atoms with Crippen LogP contribution in [0.5, 0.6) is 5.75 Å². The smallest absolute Gasteiger partial charge is 0.309 e. The van der Waals surface area contributed by atoms with E-state index in [1.807, 2.05) is 38.1 Å². The SMILES string of the molecule is CC(C)Oc1cnc(C#Cc2ccc(CN3CC(C(=O)O)C3)cc2)cc1C#N. The van der Waals surface area contributed by atoms with Crippen molar-refractivity contribution in [1.29, 1.82) is 5.26 Å². The zero-order chi connectivity index (χ0) is 20.1. The maximum atomic E-state index is 10.8. The van der Waals surface area contributed by atoms with Gasteiger partial charge in [-0.25, -0.2) is 4.98 Å². The van der Waals surface area contributed by atoms with E-state index in [0.29, 0.717) is 30.1 Å². The molecule has 1 aliphatic rings. The quantitative estimate of drug-likeness (QED) is 0.809. The van der Waals surface area contributed by atoms with Gasteiger partial charge in [-0.15, -0.1) is 0 Å². The number of rotatable bonds is 5. The van der Waals surface area contributed by atoms with Gasteiger partial charge in [-0.05, 0) is 43.5 Å². The maximum absolute atomic E-state index is 10.8. The van der Waals surface area contributed by atoms with Crippen molar-refractivity contribution in [2.45, 2.75) is 26.5 Å². The molecule has 0 aliphatic carbocycles. The summed E-state index contributed by atoms with van der Waals surface area (Å²) in [6, 6.07) is 11.6. The topological polar surface area (TPSA) is 86.4 Å². The number of likely N-dealkylation sites (tertiary alicyclic amines) is 1. The second-order valence-corrected chi connectivity index (χ2v) is 7.02. The average molecular weight is 375 g/mol. The molecule has 0 amide bonds. The van der Waals surface area contributed by atoms with Crippen molar-refractivity contribution >= 4 is 5.97 Å². The number of aromatic nitrogens is 1. The molecule has 1 N–H and O–H groups in total. The Morgan fingerprint density at radius 3 is 2.64 bits per heavy atom. The van der Waals surface area contributed by atoms with Crippen molar-refractivity contribution in [1.82, 2.24) is 9.88 Å². The predicted octanol–water partition coefficient (Wildman–Crippen LogP) is 2.66. The molecule has 6 nitrogen and oxygen atoms in total. The standard InChI is InChI=1S/C22H21N3O3/c1-15(2)28-21-11-24-20(9-18(21)10-23)8-7-16-3-5-17(6-4-16)12-25-13-19(14-25)22(26)27/h3-6,9,11,15,19H,12-14H2,1-2H3,(H,26,27). The van der Waals surface area contributed by atoms with Crippen molar-refractivity contribution in [2.24, 2.45) is 5.92 Å². The summed E-state index contributed by atoms with van der Waals surface area (Å²) in [5, 5.41) is 18.2. The summed E-state index contributed by atoms with van der Waals surface area (Å²) < 4.78 is 5.56. The Balaban J connectivity index is 1.63. The van der Waals surface area contributed by atoms with Gasteiger partial charge in [0, 0.05) is 25.2 Å². The number of hydrogen-bond acceptors (Lipinski definition) is 5. The third-order valence-corrected chi connectivity index (χ3v) is 4.35. The molecule has 1 aromatic heterocycles. The lowest BCUT2D eigenvalue weighted by Gasteiger charge is -2.36. The summed E-state index contributed by atoms with van der Waals surface area (Å²) >= 11 is 0. The zero-order valence-corrected chi connectivity index (χ0v) is 15.8. The van der Waals surface area contributed by atoms with Crippen LogP contribution in [-0.2, 0) is 11.3 Å². The van der Waals surface area contributed by atoms with E-state index in [0.717, 1.165) is 17.7 Å². The van der Waals surface area contributed by atoms with Crippen LogP contribution in [0.2, 0.25) is 0 Å². The predicted molar refractivity (Wildman–Crippen MR) is 104 cm³/mol. The lowest BCUT2D eigenvalue weighted by molar-refractivity contribution is -0.147. The molecule has 0 unspecified atom stereocenters. The molecule has 0 spiro atoms. The van der Waals surface area contributed by atoms with Gasteiger partial charge in [-0.1, -0.05) is 18.1 Å². The number of carboxylic acids is 1. The second kappa shape index (κ2) is 8.56. The average Bonchev–Trinajstić information content (AvgIpc) is 2.63. The third kappa shape index (κ3) is 4.88. The van der Waals surface area contributed by atoms with Crippen LogP contribution in [-0.4, -0.2) is 40.2 Å². The van der Waals surface area contributed by atoms with Crippen LogP contribution in [0.3, 0.4) is 0 Å². The molecule has 6 heteroatoms. The highest BCUT2D eigenvalue weighted by molar-refractivity contribution is 5.71. The molecule has 3 rings (SSSR count). The molecule has 1 fully saturated rings. The van der Waals surface area contributed by atoms with Gasteiger partial charge in [-0.3, -0.25) is 9.69 Å². The minimum Gasteiger partial charge on any atom is -0.488 e. The molecule has 28 heavy (non-hydrogen) atoms. The fourth-order valence-corrected chi connectivity index (χ4v) is 2.89. The van der Waals surface area contributed by atoms with Crippen LogP contribution in [0.25, 0.3) is 0 Å². The molecule has 0 saturated carbocycles. The van der Waals surface area contributed by atoms with Crippen LogP contribution in [0, 0.1) is 29.1 Å². The van der Waals surface area contributed by atoms with Crippen LogP contribution in [0.1, 0.15) is 36.2 Å². The van der Waals surface area contributed by atoms with Crippen molar-refractivity contribution in [3.05, 3.63) is 58.9 Å². The van der Waals surface area contributed by atoms with Gasteiger partial charge in [0.25, 0.3) is 0 Å². The molecule has 1 aromatic carbocycles. The number of pyridine rings is 1. The minimum atomic E-state index is -0.723. The Kier molecular flexibility index (Phi) is 5.93. The number of ether oxygens (including phenoxy) is 1. The highest BCUT2D eigenvalue weighted by Gasteiger charge is 2.31. The first-order chi connectivity index (χ1) is 13.4. The van der Waals surface area contributed by atoms with Crippen molar-refractivity contribution < 1.29 is 14.6 Å².